The van der Waals surface area contributed by atoms with E-state index in [1.165, 1.54) is 0 Å². The van der Waals surface area contributed by atoms with Crippen LogP contribution in [0.2, 0.25) is 0 Å². The zero-order chi connectivity index (χ0) is 21.8. The molecule has 8 heteroatoms. The van der Waals surface area contributed by atoms with Crippen LogP contribution < -0.4 is 10.1 Å². The zero-order valence-corrected chi connectivity index (χ0v) is 17.4. The van der Waals surface area contributed by atoms with E-state index in [0.29, 0.717) is 22.9 Å². The molecule has 31 heavy (non-hydrogen) atoms. The number of aromatic nitrogens is 2. The third-order valence-electron chi connectivity index (χ3n) is 4.53. The Morgan fingerprint density at radius 1 is 0.968 bits per heavy atom. The number of carbonyl (C=O) groups excluding carboxylic acids is 1. The topological polar surface area (TPSA) is 101 Å². The molecule has 2 heterocycles. The van der Waals surface area contributed by atoms with E-state index in [2.05, 4.69) is 15.3 Å². The van der Waals surface area contributed by atoms with Crippen LogP contribution in [-0.2, 0) is 9.84 Å². The Balaban J connectivity index is 1.42. The molecule has 4 rings (SSSR count). The highest BCUT2D eigenvalue weighted by molar-refractivity contribution is 7.90. The monoisotopic (exact) mass is 433 g/mol. The fraction of sp³-hybridized carbons (Fsp3) is 0.0435. The summed E-state index contributed by atoms with van der Waals surface area (Å²) >= 11 is 0. The van der Waals surface area contributed by atoms with Crippen molar-refractivity contribution in [1.82, 2.24) is 9.97 Å². The number of ether oxygens (including phenoxy) is 1. The predicted octanol–water partition coefficient (Wildman–Crippen LogP) is 4.52. The number of nitrogens with one attached hydrogen (secondary N) is 2. The van der Waals surface area contributed by atoms with Gasteiger partial charge < -0.3 is 15.0 Å². The third kappa shape index (κ3) is 4.99. The van der Waals surface area contributed by atoms with Gasteiger partial charge in [0, 0.05) is 24.3 Å². The predicted molar refractivity (Wildman–Crippen MR) is 118 cm³/mol. The van der Waals surface area contributed by atoms with Crippen LogP contribution in [0.4, 0.5) is 5.69 Å². The third-order valence-corrected chi connectivity index (χ3v) is 5.65. The summed E-state index contributed by atoms with van der Waals surface area (Å²) in [6.45, 7) is 0. The minimum atomic E-state index is -3.25. The summed E-state index contributed by atoms with van der Waals surface area (Å²) in [5.74, 6) is 0.966. The maximum absolute atomic E-state index is 12.6. The minimum Gasteiger partial charge on any atom is -0.456 e. The van der Waals surface area contributed by atoms with Gasteiger partial charge in [0.05, 0.1) is 11.1 Å². The summed E-state index contributed by atoms with van der Waals surface area (Å²) in [6.07, 6.45) is 6.16. The maximum atomic E-state index is 12.6. The Morgan fingerprint density at radius 2 is 1.71 bits per heavy atom. The Bertz CT molecular complexity index is 1300. The largest absolute Gasteiger partial charge is 0.456 e. The van der Waals surface area contributed by atoms with Gasteiger partial charge in [-0.2, -0.15) is 0 Å². The number of H-pyrrole nitrogens is 1. The van der Waals surface area contributed by atoms with E-state index >= 15 is 0 Å². The van der Waals surface area contributed by atoms with E-state index in [9.17, 15) is 13.2 Å². The van der Waals surface area contributed by atoms with Crippen LogP contribution in [0.15, 0.2) is 90.2 Å². The normalized spacial score (nSPS) is 11.1. The lowest BCUT2D eigenvalue weighted by atomic mass is 10.1. The van der Waals surface area contributed by atoms with Crippen LogP contribution in [0, 0.1) is 0 Å². The zero-order valence-electron chi connectivity index (χ0n) is 16.6. The van der Waals surface area contributed by atoms with E-state index < -0.39 is 9.84 Å². The molecular formula is C23H19N3O4S. The van der Waals surface area contributed by atoms with Crippen LogP contribution in [-0.4, -0.2) is 30.5 Å². The maximum Gasteiger partial charge on any atom is 0.272 e. The number of hydrogen-bond donors (Lipinski definition) is 2. The fourth-order valence-corrected chi connectivity index (χ4v) is 3.57. The van der Waals surface area contributed by atoms with Gasteiger partial charge in [0.15, 0.2) is 9.84 Å². The van der Waals surface area contributed by atoms with Crippen molar-refractivity contribution < 1.29 is 17.9 Å². The second-order valence-corrected chi connectivity index (χ2v) is 8.88. The van der Waals surface area contributed by atoms with E-state index in [4.69, 9.17) is 4.74 Å². The molecule has 0 radical (unpaired) electrons. The number of amides is 1. The fourth-order valence-electron chi connectivity index (χ4n) is 2.93. The highest BCUT2D eigenvalue weighted by atomic mass is 32.2. The molecule has 2 aromatic carbocycles. The molecule has 0 saturated carbocycles. The van der Waals surface area contributed by atoms with Crippen molar-refractivity contribution >= 4 is 21.4 Å². The van der Waals surface area contributed by atoms with E-state index in [0.717, 1.165) is 17.4 Å². The number of sulfone groups is 1. The van der Waals surface area contributed by atoms with Gasteiger partial charge >= 0.3 is 0 Å². The molecule has 2 aromatic heterocycles. The first-order chi connectivity index (χ1) is 14.9. The molecule has 0 aliphatic carbocycles. The first kappa shape index (κ1) is 20.4. The van der Waals surface area contributed by atoms with Crippen molar-refractivity contribution in [2.24, 2.45) is 0 Å². The van der Waals surface area contributed by atoms with Crippen LogP contribution >= 0.6 is 0 Å². The van der Waals surface area contributed by atoms with Gasteiger partial charge in [0.1, 0.15) is 17.2 Å². The van der Waals surface area contributed by atoms with Crippen molar-refractivity contribution in [2.75, 3.05) is 11.6 Å². The minimum absolute atomic E-state index is 0.251. The standard InChI is InChI=1S/C23H19N3O4S/c1-31(28,29)21-10-4-16(5-11-21)17-13-22(25-14-17)23(27)26-18-6-8-19(9-7-18)30-20-3-2-12-24-15-20/h2-15,25H,1H3,(H,26,27). The highest BCUT2D eigenvalue weighted by Gasteiger charge is 2.12. The van der Waals surface area contributed by atoms with Gasteiger partial charge in [-0.25, -0.2) is 8.42 Å². The molecule has 0 fully saturated rings. The first-order valence-electron chi connectivity index (χ1n) is 9.37. The molecule has 7 nitrogen and oxygen atoms in total. The number of nitrogens with zero attached hydrogens (tertiary/aromatic N) is 1. The van der Waals surface area contributed by atoms with Gasteiger partial charge in [-0.05, 0) is 65.7 Å². The molecule has 1 amide bonds. The SMILES string of the molecule is CS(=O)(=O)c1ccc(-c2c[nH]c(C(=O)Nc3ccc(Oc4cccnc4)cc3)c2)cc1. The molecular weight excluding hydrogens is 414 g/mol. The second-order valence-electron chi connectivity index (χ2n) is 6.87. The molecule has 0 aliphatic rings. The lowest BCUT2D eigenvalue weighted by Crippen LogP contribution is -2.11. The quantitative estimate of drug-likeness (QED) is 0.465. The van der Waals surface area contributed by atoms with E-state index in [1.54, 1.807) is 85.3 Å². The number of hydrogen-bond acceptors (Lipinski definition) is 5. The van der Waals surface area contributed by atoms with Gasteiger partial charge in [-0.1, -0.05) is 12.1 Å². The average Bonchev–Trinajstić information content (AvgIpc) is 3.26. The molecule has 4 aromatic rings. The van der Waals surface area contributed by atoms with Crippen LogP contribution in [0.5, 0.6) is 11.5 Å². The van der Waals surface area contributed by atoms with Gasteiger partial charge in [0.2, 0.25) is 0 Å². The highest BCUT2D eigenvalue weighted by Crippen LogP contribution is 2.24. The molecule has 0 saturated heterocycles. The van der Waals surface area contributed by atoms with Gasteiger partial charge in [0.25, 0.3) is 5.91 Å². The molecule has 0 atom stereocenters. The van der Waals surface area contributed by atoms with Crippen molar-refractivity contribution in [1.29, 1.82) is 0 Å². The number of rotatable bonds is 6. The van der Waals surface area contributed by atoms with Gasteiger partial charge in [-0.3, -0.25) is 9.78 Å². The molecule has 0 bridgehead atoms. The number of pyridine rings is 1. The Morgan fingerprint density at radius 3 is 2.35 bits per heavy atom. The molecule has 0 spiro atoms. The van der Waals surface area contributed by atoms with Crippen molar-refractivity contribution in [3.8, 4) is 22.6 Å². The molecule has 0 aliphatic heterocycles. The summed E-state index contributed by atoms with van der Waals surface area (Å²) in [5.41, 5.74) is 2.60. The number of aromatic amines is 1. The second kappa shape index (κ2) is 8.45. The summed E-state index contributed by atoms with van der Waals surface area (Å²) < 4.78 is 28.9. The van der Waals surface area contributed by atoms with Crippen molar-refractivity contribution in [3.63, 3.8) is 0 Å². The average molecular weight is 433 g/mol. The van der Waals surface area contributed by atoms with Crippen LogP contribution in [0.3, 0.4) is 0 Å². The number of anilines is 1. The summed E-state index contributed by atoms with van der Waals surface area (Å²) in [7, 11) is -3.25. The Hall–Kier alpha value is -3.91. The van der Waals surface area contributed by atoms with Crippen molar-refractivity contribution in [3.05, 3.63) is 91.0 Å². The molecule has 2 N–H and O–H groups in total. The van der Waals surface area contributed by atoms with E-state index in [-0.39, 0.29) is 10.8 Å². The lowest BCUT2D eigenvalue weighted by molar-refractivity contribution is 0.102. The Labute approximate surface area is 179 Å². The molecule has 0 unspecified atom stereocenters. The van der Waals surface area contributed by atoms with Crippen LogP contribution in [0.25, 0.3) is 11.1 Å². The summed E-state index contributed by atoms with van der Waals surface area (Å²) in [4.78, 5) is 19.8. The smallest absolute Gasteiger partial charge is 0.272 e. The molecule has 156 valence electrons. The first-order valence-corrected chi connectivity index (χ1v) is 11.3. The van der Waals surface area contributed by atoms with Crippen LogP contribution in [0.1, 0.15) is 10.5 Å². The number of benzene rings is 2. The Kier molecular flexibility index (Phi) is 5.55. The number of carbonyl (C=O) groups is 1. The summed E-state index contributed by atoms with van der Waals surface area (Å²) in [5, 5.41) is 2.83. The van der Waals surface area contributed by atoms with E-state index in [1.807, 2.05) is 0 Å². The van der Waals surface area contributed by atoms with Gasteiger partial charge in [-0.15, -0.1) is 0 Å². The lowest BCUT2D eigenvalue weighted by Gasteiger charge is -2.07. The van der Waals surface area contributed by atoms with Crippen molar-refractivity contribution in [2.45, 2.75) is 4.90 Å². The summed E-state index contributed by atoms with van der Waals surface area (Å²) in [6, 6.07) is 18.8.